The molecule has 0 aliphatic rings. The molecule has 0 aromatic carbocycles. The molecule has 0 heterocycles. The molecular weight excluding hydrogens is 344 g/mol. The minimum absolute atomic E-state index is 0.607. The van der Waals surface area contributed by atoms with E-state index >= 15 is 0 Å². The molecule has 2 unspecified atom stereocenters. The minimum atomic E-state index is -0.977. The highest BCUT2D eigenvalue weighted by molar-refractivity contribution is 5.77. The number of carbonyl (C=O) groups excluding carboxylic acids is 2. The molecule has 0 bridgehead atoms. The third kappa shape index (κ3) is 11.9. The van der Waals surface area contributed by atoms with Crippen LogP contribution in [-0.4, -0.2) is 23.5 Å². The van der Waals surface area contributed by atoms with Crippen LogP contribution in [0.3, 0.4) is 0 Å². The molecule has 5 heteroatoms. The number of hydrogen-bond donors (Lipinski definition) is 0. The molecular formula is C22H42O5. The molecule has 2 atom stereocenters. The van der Waals surface area contributed by atoms with Crippen LogP contribution >= 0.6 is 0 Å². The smallest absolute Gasteiger partial charge is 0.428 e. The third-order valence-corrected chi connectivity index (χ3v) is 5.30. The zero-order chi connectivity index (χ0) is 21.1. The zero-order valence-corrected chi connectivity index (χ0v) is 18.9. The maximum absolute atomic E-state index is 12.1. The average molecular weight is 387 g/mol. The Bertz CT molecular complexity index is 406. The maximum atomic E-state index is 12.1. The van der Waals surface area contributed by atoms with Gasteiger partial charge in [-0.25, -0.2) is 9.59 Å². The summed E-state index contributed by atoms with van der Waals surface area (Å²) in [6.45, 7) is 16.3. The summed E-state index contributed by atoms with van der Waals surface area (Å²) < 4.78 is 15.7. The second-order valence-corrected chi connectivity index (χ2v) is 8.99. The van der Waals surface area contributed by atoms with Crippen molar-refractivity contribution in [2.24, 2.45) is 11.8 Å². The second kappa shape index (κ2) is 12.2. The van der Waals surface area contributed by atoms with Crippen LogP contribution in [0.15, 0.2) is 0 Å². The zero-order valence-electron chi connectivity index (χ0n) is 18.9. The molecule has 0 saturated carbocycles. The molecule has 0 aromatic rings. The van der Waals surface area contributed by atoms with Gasteiger partial charge in [0.05, 0.1) is 0 Å². The Morgan fingerprint density at radius 2 is 1.07 bits per heavy atom. The van der Waals surface area contributed by atoms with Crippen LogP contribution in [0.25, 0.3) is 0 Å². The fraction of sp³-hybridized carbons (Fsp3) is 0.909. The van der Waals surface area contributed by atoms with Gasteiger partial charge in [0.1, 0.15) is 11.2 Å². The van der Waals surface area contributed by atoms with Gasteiger partial charge in [-0.1, -0.05) is 54.4 Å². The van der Waals surface area contributed by atoms with Gasteiger partial charge in [-0.05, 0) is 64.2 Å². The number of hydrogen-bond acceptors (Lipinski definition) is 5. The molecule has 0 spiro atoms. The molecule has 5 nitrogen and oxygen atoms in total. The van der Waals surface area contributed by atoms with Crippen LogP contribution in [0.5, 0.6) is 0 Å². The first-order valence-electron chi connectivity index (χ1n) is 10.6. The maximum Gasteiger partial charge on any atom is 0.519 e. The lowest BCUT2D eigenvalue weighted by molar-refractivity contribution is -0.0549. The van der Waals surface area contributed by atoms with E-state index in [4.69, 9.17) is 14.2 Å². The van der Waals surface area contributed by atoms with Crippen molar-refractivity contribution in [2.75, 3.05) is 0 Å². The molecule has 0 radical (unpaired) electrons. The van der Waals surface area contributed by atoms with E-state index in [1.807, 2.05) is 27.7 Å². The van der Waals surface area contributed by atoms with Crippen LogP contribution in [0.4, 0.5) is 9.59 Å². The van der Waals surface area contributed by atoms with E-state index in [1.165, 1.54) is 0 Å². The monoisotopic (exact) mass is 386 g/mol. The SMILES string of the molecule is CCC(C)(CCCC(C)C)OC(=O)OC(=O)OC(C)(CC)CCCC(C)C. The van der Waals surface area contributed by atoms with E-state index in [-0.39, 0.29) is 0 Å². The number of rotatable bonds is 12. The summed E-state index contributed by atoms with van der Waals surface area (Å²) in [6, 6.07) is 0. The summed E-state index contributed by atoms with van der Waals surface area (Å²) in [5, 5.41) is 0. The molecule has 0 aromatic heterocycles. The highest BCUT2D eigenvalue weighted by Gasteiger charge is 2.32. The van der Waals surface area contributed by atoms with E-state index in [0.717, 1.165) is 38.5 Å². The van der Waals surface area contributed by atoms with Crippen molar-refractivity contribution in [2.45, 2.75) is 118 Å². The predicted molar refractivity (Wildman–Crippen MR) is 109 cm³/mol. The summed E-state index contributed by atoms with van der Waals surface area (Å²) in [4.78, 5) is 24.1. The van der Waals surface area contributed by atoms with Gasteiger partial charge in [0.15, 0.2) is 0 Å². The Morgan fingerprint density at radius 3 is 1.33 bits per heavy atom. The number of carbonyl (C=O) groups is 2. The number of ether oxygens (including phenoxy) is 3. The first-order valence-corrected chi connectivity index (χ1v) is 10.6. The molecule has 0 aliphatic heterocycles. The van der Waals surface area contributed by atoms with E-state index < -0.39 is 23.5 Å². The van der Waals surface area contributed by atoms with Gasteiger partial charge in [-0.15, -0.1) is 0 Å². The molecule has 0 aliphatic carbocycles. The summed E-state index contributed by atoms with van der Waals surface area (Å²) in [7, 11) is 0. The van der Waals surface area contributed by atoms with Crippen LogP contribution < -0.4 is 0 Å². The van der Waals surface area contributed by atoms with Crippen molar-refractivity contribution in [3.63, 3.8) is 0 Å². The summed E-state index contributed by atoms with van der Waals surface area (Å²) in [5.41, 5.74) is -1.25. The Balaban J connectivity index is 4.53. The van der Waals surface area contributed by atoms with Crippen LogP contribution in [0.2, 0.25) is 0 Å². The molecule has 160 valence electrons. The predicted octanol–water partition coefficient (Wildman–Crippen LogP) is 7.27. The summed E-state index contributed by atoms with van der Waals surface area (Å²) in [6.07, 6.45) is 4.93. The molecule has 0 saturated heterocycles. The van der Waals surface area contributed by atoms with Crippen LogP contribution in [-0.2, 0) is 14.2 Å². The highest BCUT2D eigenvalue weighted by atomic mass is 16.8. The largest absolute Gasteiger partial charge is 0.519 e. The highest BCUT2D eigenvalue weighted by Crippen LogP contribution is 2.27. The van der Waals surface area contributed by atoms with Crippen molar-refractivity contribution in [1.82, 2.24) is 0 Å². The molecule has 0 N–H and O–H groups in total. The topological polar surface area (TPSA) is 61.8 Å². The summed E-state index contributed by atoms with van der Waals surface area (Å²) >= 11 is 0. The van der Waals surface area contributed by atoms with Crippen molar-refractivity contribution in [3.8, 4) is 0 Å². The Labute approximate surface area is 166 Å². The summed E-state index contributed by atoms with van der Waals surface area (Å²) in [5.74, 6) is 1.21. The van der Waals surface area contributed by atoms with Gasteiger partial charge in [0.2, 0.25) is 0 Å². The van der Waals surface area contributed by atoms with Crippen molar-refractivity contribution in [1.29, 1.82) is 0 Å². The fourth-order valence-corrected chi connectivity index (χ4v) is 2.88. The average Bonchev–Trinajstić information content (AvgIpc) is 2.53. The van der Waals surface area contributed by atoms with E-state index in [2.05, 4.69) is 27.7 Å². The Morgan fingerprint density at radius 1 is 0.741 bits per heavy atom. The second-order valence-electron chi connectivity index (χ2n) is 8.99. The van der Waals surface area contributed by atoms with Gasteiger partial charge >= 0.3 is 12.3 Å². The van der Waals surface area contributed by atoms with E-state index in [9.17, 15) is 9.59 Å². The van der Waals surface area contributed by atoms with E-state index in [0.29, 0.717) is 24.7 Å². The van der Waals surface area contributed by atoms with Crippen molar-refractivity contribution < 1.29 is 23.8 Å². The van der Waals surface area contributed by atoms with Crippen molar-refractivity contribution >= 4 is 12.3 Å². The van der Waals surface area contributed by atoms with Crippen LogP contribution in [0.1, 0.15) is 107 Å². The quantitative estimate of drug-likeness (QED) is 0.261. The molecule has 0 fully saturated rings. The molecule has 27 heavy (non-hydrogen) atoms. The lowest BCUT2D eigenvalue weighted by atomic mass is 9.93. The lowest BCUT2D eigenvalue weighted by Gasteiger charge is -2.29. The first-order chi connectivity index (χ1) is 12.4. The molecule has 0 rings (SSSR count). The van der Waals surface area contributed by atoms with E-state index in [1.54, 1.807) is 0 Å². The van der Waals surface area contributed by atoms with Crippen LogP contribution in [0, 0.1) is 11.8 Å². The third-order valence-electron chi connectivity index (χ3n) is 5.30. The first kappa shape index (κ1) is 25.7. The van der Waals surface area contributed by atoms with Gasteiger partial charge in [0.25, 0.3) is 0 Å². The van der Waals surface area contributed by atoms with Gasteiger partial charge in [-0.3, -0.25) is 0 Å². The van der Waals surface area contributed by atoms with Gasteiger partial charge < -0.3 is 14.2 Å². The van der Waals surface area contributed by atoms with Crippen molar-refractivity contribution in [3.05, 3.63) is 0 Å². The molecule has 0 amide bonds. The lowest BCUT2D eigenvalue weighted by Crippen LogP contribution is -2.35. The minimum Gasteiger partial charge on any atom is -0.428 e. The normalized spacial score (nSPS) is 15.9. The fourth-order valence-electron chi connectivity index (χ4n) is 2.88. The Hall–Kier alpha value is -1.26. The van der Waals surface area contributed by atoms with Gasteiger partial charge in [0, 0.05) is 0 Å². The standard InChI is InChI=1S/C22H42O5/c1-9-21(7,15-11-13-17(3)4)26-19(23)25-20(24)27-22(8,10-2)16-12-14-18(5)6/h17-18H,9-16H2,1-8H3. The van der Waals surface area contributed by atoms with Gasteiger partial charge in [-0.2, -0.15) is 0 Å². The Kier molecular flexibility index (Phi) is 11.7.